The lowest BCUT2D eigenvalue weighted by Gasteiger charge is -2.22. The molecule has 0 radical (unpaired) electrons. The molecule has 1 aliphatic rings. The maximum Gasteiger partial charge on any atom is 0.243 e. The largest absolute Gasteiger partial charge is 0.273 e. The predicted octanol–water partition coefficient (Wildman–Crippen LogP) is 5.17. The molecule has 2 aromatic heterocycles. The first-order valence-corrected chi connectivity index (χ1v) is 10.3. The van der Waals surface area contributed by atoms with E-state index in [1.54, 1.807) is 10.9 Å². The minimum atomic E-state index is -0.699. The van der Waals surface area contributed by atoms with Crippen LogP contribution in [-0.2, 0) is 11.3 Å². The second-order valence-corrected chi connectivity index (χ2v) is 7.10. The molecular weight excluding hydrogens is 419 g/mol. The van der Waals surface area contributed by atoms with E-state index in [-0.39, 0.29) is 12.3 Å². The van der Waals surface area contributed by atoms with E-state index in [4.69, 9.17) is 0 Å². The van der Waals surface area contributed by atoms with Gasteiger partial charge in [0, 0.05) is 25.1 Å². The molecule has 0 spiro atoms. The maximum atomic E-state index is 13.7. The molecule has 0 saturated carbocycles. The van der Waals surface area contributed by atoms with Crippen molar-refractivity contribution in [1.29, 1.82) is 0 Å². The van der Waals surface area contributed by atoms with Gasteiger partial charge in [0.25, 0.3) is 0 Å². The number of aromatic nitrogens is 3. The van der Waals surface area contributed by atoms with E-state index in [1.165, 1.54) is 29.5 Å². The molecule has 1 amide bonds. The third-order valence-electron chi connectivity index (χ3n) is 4.94. The molecule has 0 saturated heterocycles. The Kier molecular flexibility index (Phi) is 7.40. The van der Waals surface area contributed by atoms with Gasteiger partial charge >= 0.3 is 0 Å². The number of benzene rings is 1. The topological polar surface area (TPSA) is 63.4 Å². The Balaban J connectivity index is 0.00000141. The fraction of sp³-hybridized carbons (Fsp3) is 0.304. The first-order valence-electron chi connectivity index (χ1n) is 10.3. The second-order valence-electron chi connectivity index (χ2n) is 7.10. The van der Waals surface area contributed by atoms with Crippen LogP contribution in [0.5, 0.6) is 0 Å². The maximum absolute atomic E-state index is 13.7. The van der Waals surface area contributed by atoms with Crippen molar-refractivity contribution in [1.82, 2.24) is 19.8 Å². The first kappa shape index (κ1) is 23.2. The fourth-order valence-electron chi connectivity index (χ4n) is 3.47. The van der Waals surface area contributed by atoms with Gasteiger partial charge < -0.3 is 0 Å². The van der Waals surface area contributed by atoms with E-state index in [0.717, 1.165) is 12.3 Å². The molecule has 1 unspecified atom stereocenters. The lowest BCUT2D eigenvalue weighted by molar-refractivity contribution is -0.133. The van der Waals surface area contributed by atoms with Crippen LogP contribution in [-0.4, -0.2) is 31.9 Å². The molecule has 0 bridgehead atoms. The molecule has 3 heterocycles. The Morgan fingerprint density at radius 2 is 1.81 bits per heavy atom. The van der Waals surface area contributed by atoms with Crippen LogP contribution in [0.25, 0.3) is 10.9 Å². The molecule has 0 N–H and O–H groups in total. The van der Waals surface area contributed by atoms with Crippen LogP contribution in [0.1, 0.15) is 44.7 Å². The van der Waals surface area contributed by atoms with E-state index in [9.17, 15) is 18.0 Å². The van der Waals surface area contributed by atoms with Crippen molar-refractivity contribution in [2.45, 2.75) is 45.7 Å². The van der Waals surface area contributed by atoms with Crippen LogP contribution in [0.2, 0.25) is 0 Å². The van der Waals surface area contributed by atoms with Gasteiger partial charge in [0.1, 0.15) is 11.6 Å². The van der Waals surface area contributed by atoms with E-state index in [2.05, 4.69) is 21.8 Å². The van der Waals surface area contributed by atoms with E-state index in [0.29, 0.717) is 41.4 Å². The van der Waals surface area contributed by atoms with Gasteiger partial charge in [0.2, 0.25) is 5.91 Å². The normalized spacial score (nSPS) is 15.0. The van der Waals surface area contributed by atoms with Gasteiger partial charge in [-0.15, -0.1) is 0 Å². The number of allylic oxidation sites excluding steroid dienone is 1. The molecule has 0 aliphatic carbocycles. The summed E-state index contributed by atoms with van der Waals surface area (Å²) in [5.74, 6) is -2.13. The van der Waals surface area contributed by atoms with Crippen LogP contribution in [0.3, 0.4) is 0 Å². The zero-order valence-electron chi connectivity index (χ0n) is 17.9. The Hall–Kier alpha value is -3.49. The summed E-state index contributed by atoms with van der Waals surface area (Å²) in [5.41, 5.74) is 1.61. The lowest BCUT2D eigenvalue weighted by atomic mass is 10.0. The number of hydrazone groups is 1. The zero-order chi connectivity index (χ0) is 23.3. The van der Waals surface area contributed by atoms with Crippen molar-refractivity contribution in [3.05, 3.63) is 72.0 Å². The minimum Gasteiger partial charge on any atom is -0.273 e. The number of fused-ring (bicyclic) bond motifs is 1. The minimum absolute atomic E-state index is 0.121. The van der Waals surface area contributed by atoms with Gasteiger partial charge in [-0.05, 0) is 24.1 Å². The zero-order valence-corrected chi connectivity index (χ0v) is 17.9. The van der Waals surface area contributed by atoms with E-state index in [1.807, 2.05) is 13.8 Å². The summed E-state index contributed by atoms with van der Waals surface area (Å²) < 4.78 is 42.4. The van der Waals surface area contributed by atoms with Gasteiger partial charge in [0.15, 0.2) is 5.82 Å². The van der Waals surface area contributed by atoms with Gasteiger partial charge in [-0.3, -0.25) is 14.5 Å². The average Bonchev–Trinajstić information content (AvgIpc) is 3.41. The van der Waals surface area contributed by atoms with Crippen LogP contribution in [0.4, 0.5) is 13.2 Å². The molecule has 1 atom stereocenters. The number of pyridine rings is 1. The summed E-state index contributed by atoms with van der Waals surface area (Å²) in [6.45, 7) is 8.28. The predicted molar refractivity (Wildman–Crippen MR) is 116 cm³/mol. The number of carbonyl (C=O) groups is 1. The van der Waals surface area contributed by atoms with Gasteiger partial charge in [-0.2, -0.15) is 10.2 Å². The average molecular weight is 443 g/mol. The summed E-state index contributed by atoms with van der Waals surface area (Å²) in [6.07, 6.45) is 6.48. The summed E-state index contributed by atoms with van der Waals surface area (Å²) in [4.78, 5) is 16.5. The number of nitrogens with zero attached hydrogens (tertiary/aromatic N) is 5. The highest BCUT2D eigenvalue weighted by Gasteiger charge is 2.28. The van der Waals surface area contributed by atoms with Gasteiger partial charge in [0.05, 0.1) is 42.1 Å². The molecule has 1 aliphatic heterocycles. The summed E-state index contributed by atoms with van der Waals surface area (Å²) in [6, 6.07) is 2.66. The Labute approximate surface area is 184 Å². The summed E-state index contributed by atoms with van der Waals surface area (Å²) >= 11 is 0. The number of rotatable bonds is 6. The number of amides is 1. The summed E-state index contributed by atoms with van der Waals surface area (Å²) in [5, 5.41) is 9.85. The molecular formula is C23H24F3N5O. The van der Waals surface area contributed by atoms with Crippen LogP contribution < -0.4 is 0 Å². The van der Waals surface area contributed by atoms with Crippen molar-refractivity contribution in [3.8, 4) is 0 Å². The number of carbonyl (C=O) groups excluding carboxylic acids is 1. The SMILES string of the molecule is C=C(CCC(=O)N1N=CCC1c1cc(F)cc(F)c1)Cn1ncc2c(F)cncc21.CC. The Morgan fingerprint density at radius 3 is 2.53 bits per heavy atom. The molecule has 3 aromatic rings. The Bertz CT molecular complexity index is 1140. The standard InChI is InChI=1S/C21H18F3N5O.C2H6/c1-13(12-28-20-11-25-10-18(24)17(20)9-27-28)2-3-21(30)29-19(4-5-26-29)14-6-15(22)8-16(23)7-14;1-2/h5-11,19H,1-4,12H2;1-2H3. The lowest BCUT2D eigenvalue weighted by Crippen LogP contribution is -2.27. The number of hydrogen-bond donors (Lipinski definition) is 0. The molecule has 6 nitrogen and oxygen atoms in total. The van der Waals surface area contributed by atoms with Crippen molar-refractivity contribution in [3.63, 3.8) is 0 Å². The molecule has 0 fully saturated rings. The van der Waals surface area contributed by atoms with Crippen molar-refractivity contribution in [2.75, 3.05) is 0 Å². The molecule has 1 aromatic carbocycles. The highest BCUT2D eigenvalue weighted by Crippen LogP contribution is 2.30. The fourth-order valence-corrected chi connectivity index (χ4v) is 3.47. The molecule has 32 heavy (non-hydrogen) atoms. The van der Waals surface area contributed by atoms with Crippen LogP contribution in [0.15, 0.2) is 54.0 Å². The quantitative estimate of drug-likeness (QED) is 0.494. The van der Waals surface area contributed by atoms with Crippen molar-refractivity contribution < 1.29 is 18.0 Å². The molecule has 168 valence electrons. The highest BCUT2D eigenvalue weighted by molar-refractivity contribution is 5.80. The van der Waals surface area contributed by atoms with Gasteiger partial charge in [-0.25, -0.2) is 18.2 Å². The van der Waals surface area contributed by atoms with Crippen LogP contribution in [0, 0.1) is 17.5 Å². The van der Waals surface area contributed by atoms with E-state index >= 15 is 0 Å². The smallest absolute Gasteiger partial charge is 0.243 e. The van der Waals surface area contributed by atoms with E-state index < -0.39 is 23.5 Å². The highest BCUT2D eigenvalue weighted by atomic mass is 19.1. The first-order chi connectivity index (χ1) is 15.4. The third-order valence-corrected chi connectivity index (χ3v) is 4.94. The van der Waals surface area contributed by atoms with Crippen molar-refractivity contribution >= 4 is 23.0 Å². The number of halogens is 3. The monoisotopic (exact) mass is 443 g/mol. The van der Waals surface area contributed by atoms with Crippen molar-refractivity contribution in [2.24, 2.45) is 5.10 Å². The molecule has 9 heteroatoms. The Morgan fingerprint density at radius 1 is 1.09 bits per heavy atom. The molecule has 4 rings (SSSR count). The second kappa shape index (κ2) is 10.2. The summed E-state index contributed by atoms with van der Waals surface area (Å²) in [7, 11) is 0. The van der Waals surface area contributed by atoms with Gasteiger partial charge in [-0.1, -0.05) is 26.0 Å². The van der Waals surface area contributed by atoms with Crippen LogP contribution >= 0.6 is 0 Å². The third kappa shape index (κ3) is 5.04. The number of hydrogen-bond acceptors (Lipinski definition) is 4.